The van der Waals surface area contributed by atoms with Gasteiger partial charge < -0.3 is 8.85 Å². The van der Waals surface area contributed by atoms with Gasteiger partial charge in [-0.05, 0) is 63.9 Å². The molecule has 19 heavy (non-hydrogen) atoms. The van der Waals surface area contributed by atoms with E-state index >= 15 is 0 Å². The number of benzene rings is 1. The first-order chi connectivity index (χ1) is 8.48. The van der Waals surface area contributed by atoms with Crippen molar-refractivity contribution in [1.82, 2.24) is 0 Å². The minimum atomic E-state index is -1.89. The molecule has 0 saturated carbocycles. The average Bonchev–Trinajstić information content (AvgIpc) is 2.11. The number of hydrogen-bond donors (Lipinski definition) is 0. The zero-order chi connectivity index (χ0) is 14.8. The largest absolute Gasteiger partial charge is 0.544 e. The Labute approximate surface area is 118 Å². The van der Waals surface area contributed by atoms with E-state index in [1.54, 1.807) is 6.07 Å². The molecule has 0 N–H and O–H groups in total. The van der Waals surface area contributed by atoms with Crippen LogP contribution in [-0.2, 0) is 4.43 Å². The first-order valence-electron chi connectivity index (χ1n) is 6.51. The molecule has 0 amide bonds. The summed E-state index contributed by atoms with van der Waals surface area (Å²) in [6.45, 7) is 14.3. The van der Waals surface area contributed by atoms with E-state index in [1.165, 1.54) is 0 Å². The van der Waals surface area contributed by atoms with Gasteiger partial charge in [0.15, 0.2) is 0 Å². The van der Waals surface area contributed by atoms with Crippen LogP contribution < -0.4 is 4.43 Å². The van der Waals surface area contributed by atoms with Crippen molar-refractivity contribution in [1.29, 1.82) is 0 Å². The normalized spacial score (nSPS) is 12.2. The van der Waals surface area contributed by atoms with Crippen molar-refractivity contribution in [2.45, 2.75) is 46.2 Å². The van der Waals surface area contributed by atoms with Gasteiger partial charge in [0.25, 0.3) is 0 Å². The lowest BCUT2D eigenvalue weighted by Gasteiger charge is -2.23. The molecule has 1 rings (SSSR count). The number of carbonyl (C=O) groups excluding carboxylic acids is 1. The van der Waals surface area contributed by atoms with E-state index in [1.807, 2.05) is 38.7 Å². The molecule has 0 radical (unpaired) electrons. The SMILES string of the molecule is Cc1ccc(C(=O)O[Si](C)(C)C)c(O[Si](C)(C)C)c1. The summed E-state index contributed by atoms with van der Waals surface area (Å²) < 4.78 is 11.6. The third-order valence-corrected chi connectivity index (χ3v) is 3.80. The molecule has 0 heterocycles. The predicted molar refractivity (Wildman–Crippen MR) is 83.9 cm³/mol. The Balaban J connectivity index is 3.10. The Bertz CT molecular complexity index is 471. The van der Waals surface area contributed by atoms with Gasteiger partial charge in [0, 0.05) is 0 Å². The van der Waals surface area contributed by atoms with Crippen LogP contribution in [0, 0.1) is 6.92 Å². The van der Waals surface area contributed by atoms with Crippen LogP contribution in [0.3, 0.4) is 0 Å². The fraction of sp³-hybridized carbons (Fsp3) is 0.500. The Morgan fingerprint density at radius 1 is 1.00 bits per heavy atom. The lowest BCUT2D eigenvalue weighted by molar-refractivity contribution is 0.0722. The maximum absolute atomic E-state index is 12.2. The Morgan fingerprint density at radius 3 is 2.05 bits per heavy atom. The maximum atomic E-state index is 12.2. The third-order valence-electron chi connectivity index (χ3n) is 2.17. The van der Waals surface area contributed by atoms with Gasteiger partial charge in [-0.15, -0.1) is 0 Å². The van der Waals surface area contributed by atoms with Crippen molar-refractivity contribution in [2.24, 2.45) is 0 Å². The lowest BCUT2D eigenvalue weighted by atomic mass is 10.1. The van der Waals surface area contributed by atoms with Crippen molar-refractivity contribution in [3.8, 4) is 5.75 Å². The highest BCUT2D eigenvalue weighted by Gasteiger charge is 2.25. The molecule has 1 aromatic carbocycles. The molecule has 0 fully saturated rings. The second kappa shape index (κ2) is 5.50. The van der Waals surface area contributed by atoms with Crippen LogP contribution in [0.4, 0.5) is 0 Å². The van der Waals surface area contributed by atoms with E-state index in [0.29, 0.717) is 11.3 Å². The van der Waals surface area contributed by atoms with Gasteiger partial charge in [-0.2, -0.15) is 0 Å². The van der Waals surface area contributed by atoms with E-state index < -0.39 is 16.6 Å². The summed E-state index contributed by atoms with van der Waals surface area (Å²) in [5, 5.41) is 0. The summed E-state index contributed by atoms with van der Waals surface area (Å²) in [5.74, 6) is 0.384. The second-order valence-electron chi connectivity index (χ2n) is 6.72. The molecule has 106 valence electrons. The minimum Gasteiger partial charge on any atom is -0.544 e. The molecule has 5 heteroatoms. The van der Waals surface area contributed by atoms with Crippen LogP contribution in [-0.4, -0.2) is 22.6 Å². The lowest BCUT2D eigenvalue weighted by Crippen LogP contribution is -2.32. The first-order valence-corrected chi connectivity index (χ1v) is 13.3. The predicted octanol–water partition coefficient (Wildman–Crippen LogP) is 4.20. The molecule has 1 aromatic rings. The monoisotopic (exact) mass is 296 g/mol. The minimum absolute atomic E-state index is 0.271. The molecular weight excluding hydrogens is 272 g/mol. The summed E-state index contributed by atoms with van der Waals surface area (Å²) in [4.78, 5) is 12.2. The zero-order valence-corrected chi connectivity index (χ0v) is 15.0. The quantitative estimate of drug-likeness (QED) is 0.781. The van der Waals surface area contributed by atoms with Crippen LogP contribution in [0.25, 0.3) is 0 Å². The number of carbonyl (C=O) groups is 1. The van der Waals surface area contributed by atoms with E-state index in [4.69, 9.17) is 8.85 Å². The van der Waals surface area contributed by atoms with Crippen LogP contribution >= 0.6 is 0 Å². The molecule has 0 unspecified atom stereocenters. The summed E-state index contributed by atoms with van der Waals surface area (Å²) in [6.07, 6.45) is 0. The highest BCUT2D eigenvalue weighted by Crippen LogP contribution is 2.25. The van der Waals surface area contributed by atoms with Crippen molar-refractivity contribution >= 4 is 22.6 Å². The van der Waals surface area contributed by atoms with Crippen molar-refractivity contribution in [3.05, 3.63) is 29.3 Å². The van der Waals surface area contributed by atoms with Crippen LogP contribution in [0.1, 0.15) is 15.9 Å². The number of rotatable bonds is 4. The van der Waals surface area contributed by atoms with Crippen molar-refractivity contribution < 1.29 is 13.6 Å². The molecular formula is C14H24O3Si2. The molecule has 0 aliphatic heterocycles. The fourth-order valence-corrected chi connectivity index (χ4v) is 3.04. The number of aryl methyl sites for hydroxylation is 1. The van der Waals surface area contributed by atoms with Crippen molar-refractivity contribution in [3.63, 3.8) is 0 Å². The smallest absolute Gasteiger partial charge is 0.328 e. The van der Waals surface area contributed by atoms with Crippen LogP contribution in [0.15, 0.2) is 18.2 Å². The van der Waals surface area contributed by atoms with Gasteiger partial charge in [-0.3, -0.25) is 0 Å². The summed E-state index contributed by atoms with van der Waals surface area (Å²) in [6, 6.07) is 5.63. The topological polar surface area (TPSA) is 35.5 Å². The van der Waals surface area contributed by atoms with Gasteiger partial charge in [0.1, 0.15) is 5.75 Å². The maximum Gasteiger partial charge on any atom is 0.328 e. The van der Waals surface area contributed by atoms with Gasteiger partial charge in [0.05, 0.1) is 5.56 Å². The van der Waals surface area contributed by atoms with Crippen LogP contribution in [0.5, 0.6) is 5.75 Å². The molecule has 0 aliphatic carbocycles. The Morgan fingerprint density at radius 2 is 1.58 bits per heavy atom. The zero-order valence-electron chi connectivity index (χ0n) is 13.0. The van der Waals surface area contributed by atoms with E-state index in [0.717, 1.165) is 5.56 Å². The second-order valence-corrected chi connectivity index (χ2v) is 15.6. The van der Waals surface area contributed by atoms with E-state index in [2.05, 4.69) is 19.6 Å². The van der Waals surface area contributed by atoms with Gasteiger partial charge in [-0.25, -0.2) is 4.79 Å². The molecule has 0 aromatic heterocycles. The van der Waals surface area contributed by atoms with E-state index in [-0.39, 0.29) is 5.97 Å². The molecule has 0 aliphatic rings. The van der Waals surface area contributed by atoms with E-state index in [9.17, 15) is 4.79 Å². The summed E-state index contributed by atoms with van der Waals surface area (Å²) in [7, 11) is -3.65. The average molecular weight is 297 g/mol. The summed E-state index contributed by atoms with van der Waals surface area (Å²) >= 11 is 0. The van der Waals surface area contributed by atoms with Crippen LogP contribution in [0.2, 0.25) is 39.3 Å². The van der Waals surface area contributed by atoms with Gasteiger partial charge >= 0.3 is 5.97 Å². The molecule has 0 atom stereocenters. The molecule has 0 saturated heterocycles. The molecule has 0 spiro atoms. The number of hydrogen-bond acceptors (Lipinski definition) is 3. The Hall–Kier alpha value is -1.08. The standard InChI is InChI=1S/C14H24O3Si2/c1-11-8-9-12(14(15)17-19(5,6)7)13(10-11)16-18(2,3)4/h8-10H,1-7H3. The highest BCUT2D eigenvalue weighted by atomic mass is 28.4. The third kappa shape index (κ3) is 5.61. The Kier molecular flexibility index (Phi) is 4.63. The van der Waals surface area contributed by atoms with Gasteiger partial charge in [0.2, 0.25) is 16.6 Å². The molecule has 3 nitrogen and oxygen atoms in total. The van der Waals surface area contributed by atoms with Gasteiger partial charge in [-0.1, -0.05) is 6.07 Å². The first kappa shape index (κ1) is 16.0. The highest BCUT2D eigenvalue weighted by molar-refractivity contribution is 6.71. The fourth-order valence-electron chi connectivity index (χ4n) is 1.55. The van der Waals surface area contributed by atoms with Crippen molar-refractivity contribution in [2.75, 3.05) is 0 Å². The molecule has 0 bridgehead atoms. The summed E-state index contributed by atoms with van der Waals surface area (Å²) in [5.41, 5.74) is 1.62.